The Bertz CT molecular complexity index is 562. The average Bonchev–Trinajstić information content (AvgIpc) is 2.86. The van der Waals surface area contributed by atoms with Crippen molar-refractivity contribution in [3.8, 4) is 0 Å². The van der Waals surface area contributed by atoms with Crippen LogP contribution in [0.3, 0.4) is 0 Å². The van der Waals surface area contributed by atoms with Crippen LogP contribution in [0, 0.1) is 6.92 Å². The third-order valence-corrected chi connectivity index (χ3v) is 3.17. The maximum Gasteiger partial charge on any atom is 0.171 e. The molecule has 1 aromatic heterocycles. The van der Waals surface area contributed by atoms with Crippen LogP contribution in [-0.2, 0) is 13.1 Å². The number of aryl methyl sites for hydroxylation is 2. The van der Waals surface area contributed by atoms with Crippen LogP contribution < -0.4 is 10.6 Å². The molecule has 19 heavy (non-hydrogen) atoms. The van der Waals surface area contributed by atoms with Gasteiger partial charge in [-0.05, 0) is 43.8 Å². The van der Waals surface area contributed by atoms with E-state index in [9.17, 15) is 0 Å². The van der Waals surface area contributed by atoms with Gasteiger partial charge in [-0.25, -0.2) is 0 Å². The number of nitrogens with one attached hydrogen (secondary N) is 2. The molecule has 0 saturated carbocycles. The summed E-state index contributed by atoms with van der Waals surface area (Å²) in [5.41, 5.74) is 3.32. The minimum atomic E-state index is 0.623. The van der Waals surface area contributed by atoms with Gasteiger partial charge in [-0.1, -0.05) is 18.2 Å². The van der Waals surface area contributed by atoms with Gasteiger partial charge in [-0.3, -0.25) is 4.68 Å². The number of hydrogen-bond acceptors (Lipinski definition) is 2. The molecule has 0 aliphatic heterocycles. The van der Waals surface area contributed by atoms with Crippen LogP contribution in [-0.4, -0.2) is 14.9 Å². The lowest BCUT2D eigenvalue weighted by molar-refractivity contribution is 0.614. The van der Waals surface area contributed by atoms with Gasteiger partial charge < -0.3 is 10.6 Å². The lowest BCUT2D eigenvalue weighted by Gasteiger charge is -2.12. The van der Waals surface area contributed by atoms with Crippen LogP contribution in [0.15, 0.2) is 36.5 Å². The second kappa shape index (κ2) is 6.33. The largest absolute Gasteiger partial charge is 0.357 e. The van der Waals surface area contributed by atoms with Gasteiger partial charge in [0.25, 0.3) is 0 Å². The summed E-state index contributed by atoms with van der Waals surface area (Å²) in [5, 5.41) is 11.2. The second-order valence-electron chi connectivity index (χ2n) is 4.26. The Morgan fingerprint density at radius 1 is 1.32 bits per heavy atom. The van der Waals surface area contributed by atoms with Gasteiger partial charge in [0.05, 0.1) is 12.2 Å². The Morgan fingerprint density at radius 3 is 2.84 bits per heavy atom. The van der Waals surface area contributed by atoms with Crippen LogP contribution in [0.2, 0.25) is 0 Å². The highest BCUT2D eigenvalue weighted by Crippen LogP contribution is 2.12. The third kappa shape index (κ3) is 3.54. The minimum Gasteiger partial charge on any atom is -0.357 e. The van der Waals surface area contributed by atoms with Gasteiger partial charge in [0.15, 0.2) is 5.11 Å². The molecule has 0 fully saturated rings. The molecule has 0 atom stereocenters. The molecule has 4 nitrogen and oxygen atoms in total. The van der Waals surface area contributed by atoms with Crippen molar-refractivity contribution in [3.63, 3.8) is 0 Å². The molecule has 0 aliphatic rings. The molecular formula is C14H18N4S. The highest BCUT2D eigenvalue weighted by Gasteiger charge is 2.03. The zero-order chi connectivity index (χ0) is 13.7. The maximum absolute atomic E-state index is 5.30. The number of thiocarbonyl (C=S) groups is 1. The second-order valence-corrected chi connectivity index (χ2v) is 4.67. The fourth-order valence-electron chi connectivity index (χ4n) is 1.85. The lowest BCUT2D eigenvalue weighted by atomic mass is 10.2. The summed E-state index contributed by atoms with van der Waals surface area (Å²) in [6, 6.07) is 10.1. The first kappa shape index (κ1) is 13.5. The first-order valence-electron chi connectivity index (χ1n) is 6.32. The predicted octanol–water partition coefficient (Wildman–Crippen LogP) is 2.70. The Balaban J connectivity index is 1.90. The molecule has 2 rings (SSSR count). The van der Waals surface area contributed by atoms with E-state index in [1.807, 2.05) is 28.9 Å². The molecule has 0 aliphatic carbocycles. The Morgan fingerprint density at radius 2 is 2.11 bits per heavy atom. The van der Waals surface area contributed by atoms with Crippen LogP contribution in [0.1, 0.15) is 18.2 Å². The summed E-state index contributed by atoms with van der Waals surface area (Å²) in [6.07, 6.45) is 1.80. The number of rotatable bonds is 4. The predicted molar refractivity (Wildman–Crippen MR) is 82.1 cm³/mol. The van der Waals surface area contributed by atoms with Crippen molar-refractivity contribution < 1.29 is 0 Å². The third-order valence-electron chi connectivity index (χ3n) is 2.93. The number of benzene rings is 1. The first-order chi connectivity index (χ1) is 9.20. The van der Waals surface area contributed by atoms with Gasteiger partial charge in [-0.2, -0.15) is 5.10 Å². The van der Waals surface area contributed by atoms with Crippen LogP contribution >= 0.6 is 12.2 Å². The van der Waals surface area contributed by atoms with Crippen LogP contribution in [0.5, 0.6) is 0 Å². The summed E-state index contributed by atoms with van der Waals surface area (Å²) in [5.74, 6) is 0. The van der Waals surface area contributed by atoms with E-state index in [1.54, 1.807) is 6.20 Å². The highest BCUT2D eigenvalue weighted by molar-refractivity contribution is 7.80. The Hall–Kier alpha value is -1.88. The lowest BCUT2D eigenvalue weighted by Crippen LogP contribution is -2.29. The smallest absolute Gasteiger partial charge is 0.171 e. The van der Waals surface area contributed by atoms with E-state index >= 15 is 0 Å². The van der Waals surface area contributed by atoms with Gasteiger partial charge >= 0.3 is 0 Å². The Kier molecular flexibility index (Phi) is 4.52. The van der Waals surface area contributed by atoms with Crippen molar-refractivity contribution >= 4 is 23.0 Å². The van der Waals surface area contributed by atoms with E-state index < -0.39 is 0 Å². The summed E-state index contributed by atoms with van der Waals surface area (Å²) >= 11 is 5.30. The number of hydrogen-bond donors (Lipinski definition) is 2. The average molecular weight is 274 g/mol. The van der Waals surface area contributed by atoms with Gasteiger partial charge in [-0.15, -0.1) is 0 Å². The molecule has 0 unspecified atom stereocenters. The van der Waals surface area contributed by atoms with Gasteiger partial charge in [0.1, 0.15) is 0 Å². The van der Waals surface area contributed by atoms with Gasteiger partial charge in [0.2, 0.25) is 0 Å². The van der Waals surface area contributed by atoms with E-state index in [0.29, 0.717) is 11.7 Å². The van der Waals surface area contributed by atoms with Crippen LogP contribution in [0.4, 0.5) is 5.69 Å². The molecule has 2 aromatic rings. The van der Waals surface area contributed by atoms with Crippen molar-refractivity contribution in [2.75, 3.05) is 5.32 Å². The van der Waals surface area contributed by atoms with Crippen molar-refractivity contribution in [2.45, 2.75) is 26.9 Å². The normalized spacial score (nSPS) is 10.2. The van der Waals surface area contributed by atoms with E-state index in [1.165, 1.54) is 5.56 Å². The molecule has 5 heteroatoms. The van der Waals surface area contributed by atoms with E-state index in [-0.39, 0.29) is 0 Å². The minimum absolute atomic E-state index is 0.623. The molecule has 0 spiro atoms. The highest BCUT2D eigenvalue weighted by atomic mass is 32.1. The molecule has 0 radical (unpaired) electrons. The SMILES string of the molecule is CCn1nccc1CNC(=S)Nc1ccccc1C. The standard InChI is InChI=1S/C14H18N4S/c1-3-18-12(8-9-16-18)10-15-14(19)17-13-7-5-4-6-11(13)2/h4-9H,3,10H2,1-2H3,(H2,15,17,19). The molecule has 1 aromatic carbocycles. The topological polar surface area (TPSA) is 41.9 Å². The summed E-state index contributed by atoms with van der Waals surface area (Å²) in [7, 11) is 0. The first-order valence-corrected chi connectivity index (χ1v) is 6.72. The molecule has 2 N–H and O–H groups in total. The number of anilines is 1. The summed E-state index contributed by atoms with van der Waals surface area (Å²) < 4.78 is 1.95. The van der Waals surface area contributed by atoms with Crippen molar-refractivity contribution in [1.82, 2.24) is 15.1 Å². The summed E-state index contributed by atoms with van der Waals surface area (Å²) in [6.45, 7) is 5.66. The molecule has 0 bridgehead atoms. The zero-order valence-corrected chi connectivity index (χ0v) is 12.0. The molecule has 100 valence electrons. The van der Waals surface area contributed by atoms with Crippen molar-refractivity contribution in [1.29, 1.82) is 0 Å². The van der Waals surface area contributed by atoms with Crippen molar-refractivity contribution in [3.05, 3.63) is 47.8 Å². The fourth-order valence-corrected chi connectivity index (χ4v) is 2.03. The van der Waals surface area contributed by atoms with E-state index in [2.05, 4.69) is 35.6 Å². The monoisotopic (exact) mass is 274 g/mol. The van der Waals surface area contributed by atoms with Gasteiger partial charge in [0, 0.05) is 18.4 Å². The molecular weight excluding hydrogens is 256 g/mol. The number of aromatic nitrogens is 2. The number of para-hydroxylation sites is 1. The molecule has 0 amide bonds. The zero-order valence-electron chi connectivity index (χ0n) is 11.2. The maximum atomic E-state index is 5.30. The quantitative estimate of drug-likeness (QED) is 0.841. The number of nitrogens with zero attached hydrogens (tertiary/aromatic N) is 2. The van der Waals surface area contributed by atoms with Crippen LogP contribution in [0.25, 0.3) is 0 Å². The molecule has 0 saturated heterocycles. The fraction of sp³-hybridized carbons (Fsp3) is 0.286. The Labute approximate surface area is 118 Å². The van der Waals surface area contributed by atoms with E-state index in [4.69, 9.17) is 12.2 Å². The molecule has 1 heterocycles. The van der Waals surface area contributed by atoms with E-state index in [0.717, 1.165) is 17.9 Å². The summed E-state index contributed by atoms with van der Waals surface area (Å²) in [4.78, 5) is 0. The van der Waals surface area contributed by atoms with Crippen molar-refractivity contribution in [2.24, 2.45) is 0 Å².